The third kappa shape index (κ3) is 23.2. The number of hydrogen-bond acceptors (Lipinski definition) is 2. The molecule has 0 aromatic carbocycles. The maximum atomic E-state index is 11.6. The Morgan fingerprint density at radius 3 is 1.48 bits per heavy atom. The van der Waals surface area contributed by atoms with Crippen LogP contribution < -0.4 is 5.32 Å². The smallest absolute Gasteiger partial charge is 0.325 e. The van der Waals surface area contributed by atoms with Gasteiger partial charge in [-0.15, -0.1) is 0 Å². The Hall–Kier alpha value is -1.32. The van der Waals surface area contributed by atoms with Gasteiger partial charge in [0, 0.05) is 6.42 Å². The van der Waals surface area contributed by atoms with Crippen LogP contribution in [0, 0.1) is 0 Å². The molecular formula is C27H51NO3. The number of rotatable bonds is 23. The van der Waals surface area contributed by atoms with Crippen molar-refractivity contribution in [2.45, 2.75) is 148 Å². The first-order chi connectivity index (χ1) is 15.1. The van der Waals surface area contributed by atoms with Crippen LogP contribution in [-0.4, -0.2) is 23.0 Å². The van der Waals surface area contributed by atoms with Crippen molar-refractivity contribution in [3.8, 4) is 0 Å². The van der Waals surface area contributed by atoms with Crippen LogP contribution in [0.4, 0.5) is 0 Å². The summed E-state index contributed by atoms with van der Waals surface area (Å²) < 4.78 is 0. The van der Waals surface area contributed by atoms with E-state index >= 15 is 0 Å². The van der Waals surface area contributed by atoms with Crippen LogP contribution in [0.25, 0.3) is 0 Å². The molecule has 0 aliphatic rings. The lowest BCUT2D eigenvalue weighted by Gasteiger charge is -2.08. The molecule has 1 unspecified atom stereocenters. The number of hydrogen-bond donors (Lipinski definition) is 2. The first-order valence-corrected chi connectivity index (χ1v) is 13.2. The number of amides is 1. The van der Waals surface area contributed by atoms with Crippen LogP contribution in [0.3, 0.4) is 0 Å². The van der Waals surface area contributed by atoms with E-state index in [-0.39, 0.29) is 5.91 Å². The van der Waals surface area contributed by atoms with Crippen molar-refractivity contribution in [1.29, 1.82) is 0 Å². The van der Waals surface area contributed by atoms with Gasteiger partial charge in [-0.1, -0.05) is 109 Å². The van der Waals surface area contributed by atoms with Gasteiger partial charge in [0.05, 0.1) is 0 Å². The van der Waals surface area contributed by atoms with Crippen LogP contribution in [0.5, 0.6) is 0 Å². The highest BCUT2D eigenvalue weighted by Crippen LogP contribution is 2.13. The van der Waals surface area contributed by atoms with Crippen LogP contribution in [-0.2, 0) is 9.59 Å². The van der Waals surface area contributed by atoms with Crippen molar-refractivity contribution < 1.29 is 14.7 Å². The van der Waals surface area contributed by atoms with E-state index in [0.29, 0.717) is 6.42 Å². The van der Waals surface area contributed by atoms with Crippen LogP contribution in [0.2, 0.25) is 0 Å². The molecule has 0 heterocycles. The average Bonchev–Trinajstić information content (AvgIpc) is 2.74. The summed E-state index contributed by atoms with van der Waals surface area (Å²) in [6.45, 7) is 3.77. The first-order valence-electron chi connectivity index (χ1n) is 13.2. The van der Waals surface area contributed by atoms with Crippen LogP contribution >= 0.6 is 0 Å². The minimum absolute atomic E-state index is 0.150. The third-order valence-electron chi connectivity index (χ3n) is 5.91. The summed E-state index contributed by atoms with van der Waals surface area (Å²) >= 11 is 0. The third-order valence-corrected chi connectivity index (χ3v) is 5.91. The highest BCUT2D eigenvalue weighted by molar-refractivity contribution is 5.83. The van der Waals surface area contributed by atoms with E-state index in [1.165, 1.54) is 116 Å². The molecule has 0 saturated heterocycles. The Kier molecular flexibility index (Phi) is 22.4. The summed E-state index contributed by atoms with van der Waals surface area (Å²) in [4.78, 5) is 22.3. The number of aliphatic carboxylic acids is 1. The normalized spacial score (nSPS) is 12.3. The number of allylic oxidation sites excluding steroid dienone is 2. The number of nitrogens with one attached hydrogen (secondary N) is 1. The van der Waals surface area contributed by atoms with Crippen molar-refractivity contribution in [3.63, 3.8) is 0 Å². The molecule has 0 aliphatic carbocycles. The minimum atomic E-state index is -0.982. The molecule has 0 aromatic heterocycles. The van der Waals surface area contributed by atoms with E-state index in [1.807, 2.05) is 0 Å². The zero-order chi connectivity index (χ0) is 23.0. The first kappa shape index (κ1) is 29.7. The summed E-state index contributed by atoms with van der Waals surface area (Å²) in [7, 11) is 0. The molecule has 4 heteroatoms. The molecule has 4 nitrogen and oxygen atoms in total. The monoisotopic (exact) mass is 437 g/mol. The van der Waals surface area contributed by atoms with Gasteiger partial charge >= 0.3 is 5.97 Å². The van der Waals surface area contributed by atoms with E-state index in [1.54, 1.807) is 0 Å². The van der Waals surface area contributed by atoms with E-state index in [9.17, 15) is 9.59 Å². The molecule has 1 atom stereocenters. The van der Waals surface area contributed by atoms with Crippen LogP contribution in [0.1, 0.15) is 142 Å². The Bertz CT molecular complexity index is 448. The average molecular weight is 438 g/mol. The fourth-order valence-corrected chi connectivity index (χ4v) is 3.79. The molecule has 182 valence electrons. The van der Waals surface area contributed by atoms with E-state index in [0.717, 1.165) is 12.8 Å². The number of unbranched alkanes of at least 4 members (excludes halogenated alkanes) is 17. The van der Waals surface area contributed by atoms with Gasteiger partial charge in [0.2, 0.25) is 5.91 Å². The van der Waals surface area contributed by atoms with Gasteiger partial charge in [-0.3, -0.25) is 9.59 Å². The molecule has 0 bridgehead atoms. The Morgan fingerprint density at radius 1 is 0.677 bits per heavy atom. The number of carbonyl (C=O) groups is 2. The zero-order valence-corrected chi connectivity index (χ0v) is 20.6. The second-order valence-corrected chi connectivity index (χ2v) is 9.08. The van der Waals surface area contributed by atoms with E-state index in [4.69, 9.17) is 5.11 Å². The Labute approximate surface area is 192 Å². The summed E-state index contributed by atoms with van der Waals surface area (Å²) in [5, 5.41) is 11.3. The largest absolute Gasteiger partial charge is 0.480 e. The van der Waals surface area contributed by atoms with Crippen molar-refractivity contribution in [2.75, 3.05) is 0 Å². The lowest BCUT2D eigenvalue weighted by atomic mass is 10.0. The predicted molar refractivity (Wildman–Crippen MR) is 132 cm³/mol. The standard InChI is InChI=1S/C27H51NO3/c1-3-4-5-6-7-8-9-10-11-12-13-14-15-16-17-18-19-20-21-22-23-24-26(29)28-25(2)27(30)31/h10-11,25H,3-9,12-24H2,1-2H3,(H,28,29)(H,30,31)/b11-10+. The molecule has 0 rings (SSSR count). The van der Waals surface area contributed by atoms with Crippen molar-refractivity contribution in [1.82, 2.24) is 5.32 Å². The number of carbonyl (C=O) groups excluding carboxylic acids is 1. The number of carboxylic acids is 1. The lowest BCUT2D eigenvalue weighted by Crippen LogP contribution is -2.38. The van der Waals surface area contributed by atoms with Crippen molar-refractivity contribution in [2.24, 2.45) is 0 Å². The van der Waals surface area contributed by atoms with E-state index in [2.05, 4.69) is 24.4 Å². The second-order valence-electron chi connectivity index (χ2n) is 9.08. The summed E-state index contributed by atoms with van der Waals surface area (Å²) in [6.07, 6.45) is 29.8. The molecule has 0 aliphatic heterocycles. The summed E-state index contributed by atoms with van der Waals surface area (Å²) in [5.74, 6) is -1.13. The fraction of sp³-hybridized carbons (Fsp3) is 0.852. The second kappa shape index (κ2) is 23.3. The maximum Gasteiger partial charge on any atom is 0.325 e. The molecular weight excluding hydrogens is 386 g/mol. The van der Waals surface area contributed by atoms with Gasteiger partial charge in [-0.25, -0.2) is 0 Å². The van der Waals surface area contributed by atoms with Gasteiger partial charge < -0.3 is 10.4 Å². The lowest BCUT2D eigenvalue weighted by molar-refractivity contribution is -0.141. The molecule has 0 aromatic rings. The molecule has 2 N–H and O–H groups in total. The van der Waals surface area contributed by atoms with Gasteiger partial charge in [0.1, 0.15) is 6.04 Å². The summed E-state index contributed by atoms with van der Waals surface area (Å²) in [5.41, 5.74) is 0. The fourth-order valence-electron chi connectivity index (χ4n) is 3.79. The van der Waals surface area contributed by atoms with Crippen molar-refractivity contribution in [3.05, 3.63) is 12.2 Å². The topological polar surface area (TPSA) is 66.4 Å². The Balaban J connectivity index is 3.21. The van der Waals surface area contributed by atoms with Gasteiger partial charge in [0.15, 0.2) is 0 Å². The predicted octanol–water partition coefficient (Wildman–Crippen LogP) is 7.95. The zero-order valence-electron chi connectivity index (χ0n) is 20.6. The highest BCUT2D eigenvalue weighted by Gasteiger charge is 2.12. The molecule has 0 spiro atoms. The van der Waals surface area contributed by atoms with Gasteiger partial charge in [0.25, 0.3) is 0 Å². The maximum absolute atomic E-state index is 11.6. The van der Waals surface area contributed by atoms with Crippen molar-refractivity contribution >= 4 is 11.9 Å². The SMILES string of the molecule is CCCCCCCC/C=C/CCCCCCCCCCCCCC(=O)NC(C)C(=O)O. The molecule has 31 heavy (non-hydrogen) atoms. The highest BCUT2D eigenvalue weighted by atomic mass is 16.4. The molecule has 0 radical (unpaired) electrons. The number of carboxylic acid groups (broad SMARTS) is 1. The van der Waals surface area contributed by atoms with E-state index < -0.39 is 12.0 Å². The van der Waals surface area contributed by atoms with Gasteiger partial charge in [-0.05, 0) is 39.0 Å². The molecule has 0 saturated carbocycles. The quantitative estimate of drug-likeness (QED) is 0.126. The Morgan fingerprint density at radius 2 is 1.06 bits per heavy atom. The molecule has 0 fully saturated rings. The van der Waals surface area contributed by atoms with Gasteiger partial charge in [-0.2, -0.15) is 0 Å². The molecule has 1 amide bonds. The minimum Gasteiger partial charge on any atom is -0.480 e. The summed E-state index contributed by atoms with van der Waals surface area (Å²) in [6, 6.07) is -0.793. The van der Waals surface area contributed by atoms with Crippen LogP contribution in [0.15, 0.2) is 12.2 Å².